The van der Waals surface area contributed by atoms with Crippen molar-refractivity contribution < 1.29 is 9.59 Å². The first kappa shape index (κ1) is 21.0. The summed E-state index contributed by atoms with van der Waals surface area (Å²) >= 11 is 1.31. The highest BCUT2D eigenvalue weighted by molar-refractivity contribution is 7.13. The molecule has 1 aliphatic rings. The zero-order chi connectivity index (χ0) is 22.0. The van der Waals surface area contributed by atoms with Gasteiger partial charge in [0.05, 0.1) is 17.6 Å². The molecule has 1 aliphatic heterocycles. The predicted molar refractivity (Wildman–Crippen MR) is 120 cm³/mol. The molecule has 31 heavy (non-hydrogen) atoms. The number of anilines is 2. The number of piperazine rings is 1. The molecule has 0 aliphatic carbocycles. The number of hydrogen-bond acceptors (Lipinski definition) is 8. The average molecular weight is 440 g/mol. The molecule has 4 rings (SSSR count). The molecule has 1 fully saturated rings. The predicted octanol–water partition coefficient (Wildman–Crippen LogP) is 1.83. The number of carbonyl (C=O) groups excluding carboxylic acids is 2. The van der Waals surface area contributed by atoms with Crippen LogP contribution in [0.4, 0.5) is 10.9 Å². The lowest BCUT2D eigenvalue weighted by molar-refractivity contribution is -0.152. The standard InChI is InChI=1S/C21H25N7O2S/c1-2-3-17-20(30)27(6-7-28(17)18(29)9-14-11-31-21(23)26-14)10-13-4-5-15-16(8-13)24-12-25-19(15)22/h4-5,8,11-12,17H,2-3,6-7,9-10H2,1H3,(H2,23,26)(H2,22,24,25). The van der Waals surface area contributed by atoms with E-state index in [1.165, 1.54) is 17.7 Å². The minimum absolute atomic E-state index is 0.0264. The van der Waals surface area contributed by atoms with Crippen LogP contribution >= 0.6 is 11.3 Å². The van der Waals surface area contributed by atoms with Crippen LogP contribution in [-0.4, -0.2) is 55.7 Å². The average Bonchev–Trinajstić information content (AvgIpc) is 3.15. The fourth-order valence-electron chi connectivity index (χ4n) is 3.95. The molecule has 3 aromatic rings. The van der Waals surface area contributed by atoms with Gasteiger partial charge in [0, 0.05) is 30.4 Å². The van der Waals surface area contributed by atoms with Gasteiger partial charge in [-0.2, -0.15) is 0 Å². The van der Waals surface area contributed by atoms with Crippen molar-refractivity contribution in [1.29, 1.82) is 0 Å². The summed E-state index contributed by atoms with van der Waals surface area (Å²) in [6.07, 6.45) is 3.03. The third kappa shape index (κ3) is 4.43. The Balaban J connectivity index is 1.49. The molecule has 1 atom stereocenters. The summed E-state index contributed by atoms with van der Waals surface area (Å²) in [5.74, 6) is 0.320. The second-order valence-corrected chi connectivity index (χ2v) is 8.51. The van der Waals surface area contributed by atoms with E-state index in [9.17, 15) is 9.59 Å². The third-order valence-electron chi connectivity index (χ3n) is 5.47. The van der Waals surface area contributed by atoms with Gasteiger partial charge < -0.3 is 21.3 Å². The normalized spacial score (nSPS) is 16.8. The van der Waals surface area contributed by atoms with E-state index in [4.69, 9.17) is 11.5 Å². The van der Waals surface area contributed by atoms with E-state index >= 15 is 0 Å². The van der Waals surface area contributed by atoms with Gasteiger partial charge in [-0.05, 0) is 24.1 Å². The molecule has 0 spiro atoms. The Hall–Kier alpha value is -3.27. The third-order valence-corrected chi connectivity index (χ3v) is 6.20. The molecular formula is C21H25N7O2S. The number of rotatable bonds is 6. The first-order valence-electron chi connectivity index (χ1n) is 10.2. The van der Waals surface area contributed by atoms with Crippen LogP contribution in [0.15, 0.2) is 29.9 Å². The van der Waals surface area contributed by atoms with E-state index in [1.807, 2.05) is 30.0 Å². The summed E-state index contributed by atoms with van der Waals surface area (Å²) in [5, 5.41) is 3.02. The Bertz CT molecular complexity index is 1120. The van der Waals surface area contributed by atoms with Crippen molar-refractivity contribution in [2.75, 3.05) is 24.6 Å². The molecule has 162 valence electrons. The van der Waals surface area contributed by atoms with E-state index < -0.39 is 6.04 Å². The minimum Gasteiger partial charge on any atom is -0.383 e. The first-order valence-corrected chi connectivity index (χ1v) is 11.1. The van der Waals surface area contributed by atoms with E-state index in [0.29, 0.717) is 42.7 Å². The maximum Gasteiger partial charge on any atom is 0.245 e. The summed E-state index contributed by atoms with van der Waals surface area (Å²) < 4.78 is 0. The minimum atomic E-state index is -0.458. The Labute approximate surface area is 184 Å². The number of aromatic nitrogens is 3. The van der Waals surface area contributed by atoms with Crippen LogP contribution in [0.5, 0.6) is 0 Å². The lowest BCUT2D eigenvalue weighted by Gasteiger charge is -2.40. The van der Waals surface area contributed by atoms with Crippen LogP contribution < -0.4 is 11.5 Å². The van der Waals surface area contributed by atoms with Gasteiger partial charge in [0.15, 0.2) is 5.13 Å². The smallest absolute Gasteiger partial charge is 0.245 e. The van der Waals surface area contributed by atoms with Gasteiger partial charge in [-0.25, -0.2) is 15.0 Å². The molecule has 0 bridgehead atoms. The highest BCUT2D eigenvalue weighted by atomic mass is 32.1. The summed E-state index contributed by atoms with van der Waals surface area (Å²) in [6, 6.07) is 5.29. The molecule has 3 heterocycles. The molecule has 1 unspecified atom stereocenters. The SMILES string of the molecule is CCCC1C(=O)N(Cc2ccc3c(N)ncnc3c2)CCN1C(=O)Cc1csc(N)n1. The largest absolute Gasteiger partial charge is 0.383 e. The van der Waals surface area contributed by atoms with Crippen molar-refractivity contribution >= 4 is 45.0 Å². The number of amides is 2. The number of nitrogens with two attached hydrogens (primary N) is 2. The molecule has 0 saturated carbocycles. The second kappa shape index (κ2) is 8.84. The summed E-state index contributed by atoms with van der Waals surface area (Å²) in [6.45, 7) is 3.46. The van der Waals surface area contributed by atoms with E-state index in [1.54, 1.807) is 10.3 Å². The van der Waals surface area contributed by atoms with Crippen molar-refractivity contribution in [3.05, 3.63) is 41.2 Å². The molecule has 2 amide bonds. The molecular weight excluding hydrogens is 414 g/mol. The van der Waals surface area contributed by atoms with Gasteiger partial charge in [0.1, 0.15) is 18.2 Å². The Morgan fingerprint density at radius 2 is 2.10 bits per heavy atom. The quantitative estimate of drug-likeness (QED) is 0.599. The van der Waals surface area contributed by atoms with Gasteiger partial charge in [-0.1, -0.05) is 19.4 Å². The summed E-state index contributed by atoms with van der Waals surface area (Å²) in [4.78, 5) is 42.1. The number of hydrogen-bond donors (Lipinski definition) is 2. The van der Waals surface area contributed by atoms with Gasteiger partial charge >= 0.3 is 0 Å². The van der Waals surface area contributed by atoms with E-state index in [2.05, 4.69) is 15.0 Å². The number of nitrogen functional groups attached to an aromatic ring is 2. The van der Waals surface area contributed by atoms with Crippen LogP contribution in [0.3, 0.4) is 0 Å². The maximum atomic E-state index is 13.3. The number of thiazole rings is 1. The lowest BCUT2D eigenvalue weighted by Crippen LogP contribution is -2.58. The molecule has 1 saturated heterocycles. The highest BCUT2D eigenvalue weighted by Crippen LogP contribution is 2.23. The van der Waals surface area contributed by atoms with Crippen molar-refractivity contribution in [2.45, 2.75) is 38.8 Å². The van der Waals surface area contributed by atoms with Crippen molar-refractivity contribution in [3.63, 3.8) is 0 Å². The van der Waals surface area contributed by atoms with Gasteiger partial charge in [-0.15, -0.1) is 11.3 Å². The fraction of sp³-hybridized carbons (Fsp3) is 0.381. The zero-order valence-electron chi connectivity index (χ0n) is 17.3. The molecule has 0 radical (unpaired) electrons. The van der Waals surface area contributed by atoms with Crippen LogP contribution in [0.25, 0.3) is 10.9 Å². The number of benzene rings is 1. The Morgan fingerprint density at radius 1 is 1.26 bits per heavy atom. The number of fused-ring (bicyclic) bond motifs is 1. The van der Waals surface area contributed by atoms with E-state index in [-0.39, 0.29) is 18.2 Å². The van der Waals surface area contributed by atoms with Crippen LogP contribution in [-0.2, 0) is 22.6 Å². The molecule has 4 N–H and O–H groups in total. The molecule has 2 aromatic heterocycles. The highest BCUT2D eigenvalue weighted by Gasteiger charge is 2.36. The van der Waals surface area contributed by atoms with Crippen LogP contribution in [0, 0.1) is 0 Å². The first-order chi connectivity index (χ1) is 15.0. The topological polar surface area (TPSA) is 131 Å². The Morgan fingerprint density at radius 3 is 2.84 bits per heavy atom. The monoisotopic (exact) mass is 439 g/mol. The molecule has 1 aromatic carbocycles. The summed E-state index contributed by atoms with van der Waals surface area (Å²) in [5.41, 5.74) is 13.9. The van der Waals surface area contributed by atoms with Crippen LogP contribution in [0.1, 0.15) is 31.0 Å². The van der Waals surface area contributed by atoms with Gasteiger partial charge in [-0.3, -0.25) is 9.59 Å². The Kier molecular flexibility index (Phi) is 5.99. The summed E-state index contributed by atoms with van der Waals surface area (Å²) in [7, 11) is 0. The van der Waals surface area contributed by atoms with Gasteiger partial charge in [0.2, 0.25) is 11.8 Å². The van der Waals surface area contributed by atoms with Crippen LogP contribution in [0.2, 0.25) is 0 Å². The van der Waals surface area contributed by atoms with E-state index in [0.717, 1.165) is 22.9 Å². The number of carbonyl (C=O) groups is 2. The zero-order valence-corrected chi connectivity index (χ0v) is 18.1. The number of nitrogens with zero attached hydrogens (tertiary/aromatic N) is 5. The van der Waals surface area contributed by atoms with Crippen molar-refractivity contribution in [2.24, 2.45) is 0 Å². The molecule has 10 heteroatoms. The molecule has 9 nitrogen and oxygen atoms in total. The maximum absolute atomic E-state index is 13.3. The van der Waals surface area contributed by atoms with Crippen molar-refractivity contribution in [1.82, 2.24) is 24.8 Å². The van der Waals surface area contributed by atoms with Crippen molar-refractivity contribution in [3.8, 4) is 0 Å². The second-order valence-electron chi connectivity index (χ2n) is 7.62. The lowest BCUT2D eigenvalue weighted by atomic mass is 10.0. The fourth-order valence-corrected chi connectivity index (χ4v) is 4.51. The van der Waals surface area contributed by atoms with Gasteiger partial charge in [0.25, 0.3) is 0 Å².